The van der Waals surface area contributed by atoms with E-state index in [1.165, 1.54) is 0 Å². The van der Waals surface area contributed by atoms with Crippen LogP contribution >= 0.6 is 0 Å². The zero-order chi connectivity index (χ0) is 29.6. The summed E-state index contributed by atoms with van der Waals surface area (Å²) in [7, 11) is 0. The van der Waals surface area contributed by atoms with Gasteiger partial charge in [0.1, 0.15) is 13.2 Å². The van der Waals surface area contributed by atoms with Gasteiger partial charge in [0.2, 0.25) is 0 Å². The molecule has 8 bridgehead atoms. The van der Waals surface area contributed by atoms with Crippen molar-refractivity contribution in [2.45, 2.75) is 114 Å². The molecular weight excluding hydrogens is 544 g/mol. The molecule has 0 aromatic heterocycles. The molecule has 9 fully saturated rings. The highest BCUT2D eigenvalue weighted by Crippen LogP contribution is 2.63. The van der Waals surface area contributed by atoms with Crippen molar-refractivity contribution < 1.29 is 48.7 Å². The average molecular weight is 591 g/mol. The molecule has 10 heteroatoms. The van der Waals surface area contributed by atoms with Crippen LogP contribution in [0.4, 0.5) is 0 Å². The molecule has 4 atom stereocenters. The number of carbonyl (C=O) groups excluding carboxylic acids is 2. The standard InChI is InChI=1S/C32H46O10/c1-27(3-2-24(33)34)41-18-28(19-42-27,16-39-25(35)29-6-20-4-21(7-29)11-31(37,10-20)14-29)17-40-26(36)30-8-22-5-23(9-30)13-32(38,12-22)15-30/h20-23,37-38H,2-19H2,1H3,(H,33,34). The Kier molecular flexibility index (Phi) is 6.64. The Labute approximate surface area is 246 Å². The Bertz CT molecular complexity index is 1040. The van der Waals surface area contributed by atoms with Crippen molar-refractivity contribution in [1.82, 2.24) is 0 Å². The highest BCUT2D eigenvalue weighted by Gasteiger charge is 2.63. The summed E-state index contributed by atoms with van der Waals surface area (Å²) in [4.78, 5) is 38.6. The molecule has 0 radical (unpaired) electrons. The van der Waals surface area contributed by atoms with Crippen molar-refractivity contribution >= 4 is 17.9 Å². The molecule has 0 amide bonds. The van der Waals surface area contributed by atoms with Crippen molar-refractivity contribution in [2.24, 2.45) is 39.9 Å². The van der Waals surface area contributed by atoms with E-state index < -0.39 is 39.2 Å². The number of esters is 2. The fraction of sp³-hybridized carbons (Fsp3) is 0.906. The van der Waals surface area contributed by atoms with E-state index in [1.807, 2.05) is 0 Å². The van der Waals surface area contributed by atoms with Crippen molar-refractivity contribution in [3.05, 3.63) is 0 Å². The minimum Gasteiger partial charge on any atom is -0.481 e. The van der Waals surface area contributed by atoms with Crippen LogP contribution in [0.2, 0.25) is 0 Å². The van der Waals surface area contributed by atoms with Crippen molar-refractivity contribution in [1.29, 1.82) is 0 Å². The molecule has 1 aliphatic heterocycles. The molecule has 234 valence electrons. The van der Waals surface area contributed by atoms with Crippen LogP contribution in [0.3, 0.4) is 0 Å². The lowest BCUT2D eigenvalue weighted by atomic mass is 9.48. The van der Waals surface area contributed by atoms with Crippen LogP contribution in [-0.2, 0) is 33.3 Å². The number of hydrogen-bond acceptors (Lipinski definition) is 9. The smallest absolute Gasteiger partial charge is 0.312 e. The summed E-state index contributed by atoms with van der Waals surface area (Å²) in [6.07, 6.45) is 9.01. The van der Waals surface area contributed by atoms with Gasteiger partial charge >= 0.3 is 17.9 Å². The quantitative estimate of drug-likeness (QED) is 0.341. The molecular formula is C32H46O10. The second kappa shape index (κ2) is 9.62. The number of rotatable bonds is 9. The second-order valence-corrected chi connectivity index (χ2v) is 16.2. The Balaban J connectivity index is 1.05. The Morgan fingerprint density at radius 3 is 1.48 bits per heavy atom. The number of carboxylic acids is 1. The zero-order valence-electron chi connectivity index (χ0n) is 24.7. The van der Waals surface area contributed by atoms with E-state index in [0.29, 0.717) is 36.5 Å². The molecule has 8 saturated carbocycles. The lowest BCUT2D eigenvalue weighted by molar-refractivity contribution is -0.308. The molecule has 0 aromatic carbocycles. The molecule has 1 saturated heterocycles. The van der Waals surface area contributed by atoms with Gasteiger partial charge in [-0.15, -0.1) is 0 Å². The molecule has 4 unspecified atom stereocenters. The van der Waals surface area contributed by atoms with Gasteiger partial charge < -0.3 is 34.3 Å². The lowest BCUT2D eigenvalue weighted by Gasteiger charge is -2.59. The fourth-order valence-electron chi connectivity index (χ4n) is 11.0. The largest absolute Gasteiger partial charge is 0.481 e. The maximum atomic E-state index is 13.7. The van der Waals surface area contributed by atoms with E-state index in [0.717, 1.165) is 64.2 Å². The fourth-order valence-corrected chi connectivity index (χ4v) is 11.0. The SMILES string of the molecule is CC1(CCC(=O)O)OCC(COC(=O)C23CC4CC(CC(O)(C4)C2)C3)(COC(=O)C23CC4CC(CC(O)(C4)C2)C3)CO1. The average Bonchev–Trinajstić information content (AvgIpc) is 2.88. The minimum atomic E-state index is -1.11. The number of carbonyl (C=O) groups is 3. The normalized spacial score (nSPS) is 50.1. The number of aliphatic carboxylic acids is 1. The molecule has 1 heterocycles. The molecule has 9 rings (SSSR count). The molecule has 9 aliphatic rings. The van der Waals surface area contributed by atoms with Crippen LogP contribution in [0.15, 0.2) is 0 Å². The van der Waals surface area contributed by atoms with Gasteiger partial charge in [0.15, 0.2) is 5.79 Å². The molecule has 8 aliphatic carbocycles. The molecule has 42 heavy (non-hydrogen) atoms. The van der Waals surface area contributed by atoms with Gasteiger partial charge in [0, 0.05) is 6.42 Å². The van der Waals surface area contributed by atoms with Gasteiger partial charge in [-0.25, -0.2) is 0 Å². The summed E-state index contributed by atoms with van der Waals surface area (Å²) in [6, 6.07) is 0. The Morgan fingerprint density at radius 2 is 1.12 bits per heavy atom. The second-order valence-electron chi connectivity index (χ2n) is 16.2. The third-order valence-corrected chi connectivity index (χ3v) is 12.1. The van der Waals surface area contributed by atoms with Gasteiger partial charge in [0.05, 0.1) is 47.1 Å². The van der Waals surface area contributed by atoms with Crippen LogP contribution < -0.4 is 0 Å². The first kappa shape index (κ1) is 29.0. The van der Waals surface area contributed by atoms with E-state index in [4.69, 9.17) is 24.1 Å². The molecule has 3 N–H and O–H groups in total. The van der Waals surface area contributed by atoms with Crippen LogP contribution in [0.1, 0.15) is 96.8 Å². The Morgan fingerprint density at radius 1 is 0.714 bits per heavy atom. The Hall–Kier alpha value is -1.75. The highest BCUT2D eigenvalue weighted by atomic mass is 16.7. The highest BCUT2D eigenvalue weighted by molar-refractivity contribution is 5.78. The van der Waals surface area contributed by atoms with E-state index in [9.17, 15) is 24.6 Å². The van der Waals surface area contributed by atoms with E-state index in [1.54, 1.807) is 6.92 Å². The van der Waals surface area contributed by atoms with Crippen molar-refractivity contribution in [2.75, 3.05) is 26.4 Å². The van der Waals surface area contributed by atoms with E-state index in [-0.39, 0.29) is 51.2 Å². The monoisotopic (exact) mass is 590 g/mol. The van der Waals surface area contributed by atoms with Gasteiger partial charge in [-0.05, 0) is 108 Å². The summed E-state index contributed by atoms with van der Waals surface area (Å²) in [6.45, 7) is 1.73. The number of ether oxygens (including phenoxy) is 4. The third-order valence-electron chi connectivity index (χ3n) is 12.1. The first-order chi connectivity index (χ1) is 19.7. The summed E-state index contributed by atoms with van der Waals surface area (Å²) in [5.74, 6) is -1.31. The maximum absolute atomic E-state index is 13.7. The number of aliphatic hydroxyl groups is 2. The summed E-state index contributed by atoms with van der Waals surface area (Å²) in [5, 5.41) is 31.5. The van der Waals surface area contributed by atoms with E-state index in [2.05, 4.69) is 0 Å². The predicted octanol–water partition coefficient (Wildman–Crippen LogP) is 3.35. The van der Waals surface area contributed by atoms with Crippen LogP contribution in [0.25, 0.3) is 0 Å². The summed E-state index contributed by atoms with van der Waals surface area (Å²) < 4.78 is 24.2. The van der Waals surface area contributed by atoms with Crippen molar-refractivity contribution in [3.63, 3.8) is 0 Å². The zero-order valence-corrected chi connectivity index (χ0v) is 24.7. The minimum absolute atomic E-state index is 0.0637. The van der Waals surface area contributed by atoms with Crippen LogP contribution in [0, 0.1) is 39.9 Å². The van der Waals surface area contributed by atoms with Crippen LogP contribution in [-0.4, -0.2) is 76.6 Å². The molecule has 10 nitrogen and oxygen atoms in total. The maximum Gasteiger partial charge on any atom is 0.312 e. The predicted molar refractivity (Wildman–Crippen MR) is 146 cm³/mol. The van der Waals surface area contributed by atoms with E-state index >= 15 is 0 Å². The first-order valence-electron chi connectivity index (χ1n) is 16.0. The third kappa shape index (κ3) is 5.08. The van der Waals surface area contributed by atoms with Gasteiger partial charge in [-0.3, -0.25) is 14.4 Å². The summed E-state index contributed by atoms with van der Waals surface area (Å²) in [5.41, 5.74) is -3.90. The molecule has 0 aromatic rings. The first-order valence-corrected chi connectivity index (χ1v) is 16.0. The van der Waals surface area contributed by atoms with Crippen molar-refractivity contribution in [3.8, 4) is 0 Å². The van der Waals surface area contributed by atoms with Gasteiger partial charge in [-0.2, -0.15) is 0 Å². The lowest BCUT2D eigenvalue weighted by Crippen LogP contribution is -2.60. The number of carboxylic acid groups (broad SMARTS) is 1. The number of hydrogen-bond donors (Lipinski definition) is 3. The summed E-state index contributed by atoms with van der Waals surface area (Å²) >= 11 is 0. The van der Waals surface area contributed by atoms with Gasteiger partial charge in [-0.1, -0.05) is 0 Å². The topological polar surface area (TPSA) is 149 Å². The molecule has 0 spiro atoms. The van der Waals surface area contributed by atoms with Crippen LogP contribution in [0.5, 0.6) is 0 Å². The van der Waals surface area contributed by atoms with Gasteiger partial charge in [0.25, 0.3) is 0 Å².